The predicted molar refractivity (Wildman–Crippen MR) is 85.3 cm³/mol. The topological polar surface area (TPSA) is 72.4 Å². The number of ether oxygens (including phenoxy) is 3. The van der Waals surface area contributed by atoms with Crippen molar-refractivity contribution < 1.29 is 19.0 Å². The molecule has 0 radical (unpaired) electrons. The van der Waals surface area contributed by atoms with Crippen LogP contribution in [0, 0.1) is 0 Å². The summed E-state index contributed by atoms with van der Waals surface area (Å²) in [6.45, 7) is 4.02. The van der Waals surface area contributed by atoms with Gasteiger partial charge in [-0.15, -0.1) is 0 Å². The van der Waals surface area contributed by atoms with Crippen LogP contribution in [0.15, 0.2) is 23.2 Å². The van der Waals surface area contributed by atoms with Crippen molar-refractivity contribution in [3.8, 4) is 11.5 Å². The van der Waals surface area contributed by atoms with E-state index in [2.05, 4.69) is 10.3 Å². The third kappa shape index (κ3) is 3.73. The second-order valence-corrected chi connectivity index (χ2v) is 5.30. The van der Waals surface area contributed by atoms with Crippen molar-refractivity contribution >= 4 is 11.7 Å². The van der Waals surface area contributed by atoms with Crippen LogP contribution >= 0.6 is 0 Å². The van der Waals surface area contributed by atoms with E-state index in [-0.39, 0.29) is 12.5 Å². The molecule has 3 rings (SSSR count). The first-order chi connectivity index (χ1) is 11.3. The molecule has 1 saturated heterocycles. The number of amides is 1. The maximum Gasteiger partial charge on any atom is 0.260 e. The van der Waals surface area contributed by atoms with Gasteiger partial charge in [-0.3, -0.25) is 9.79 Å². The molecule has 2 aliphatic rings. The Hall–Kier alpha value is -2.28. The van der Waals surface area contributed by atoms with E-state index in [4.69, 9.17) is 14.2 Å². The number of carbonyl (C=O) groups is 1. The van der Waals surface area contributed by atoms with Crippen LogP contribution in [0.5, 0.6) is 11.5 Å². The van der Waals surface area contributed by atoms with E-state index < -0.39 is 0 Å². The molecule has 0 aromatic heterocycles. The van der Waals surface area contributed by atoms with Gasteiger partial charge in [-0.2, -0.15) is 0 Å². The lowest BCUT2D eigenvalue weighted by molar-refractivity contribution is -0.137. The molecule has 2 heterocycles. The summed E-state index contributed by atoms with van der Waals surface area (Å²) >= 11 is 0. The van der Waals surface area contributed by atoms with Gasteiger partial charge in [0.05, 0.1) is 26.9 Å². The van der Waals surface area contributed by atoms with Gasteiger partial charge in [0.2, 0.25) is 0 Å². The van der Waals surface area contributed by atoms with Crippen LogP contribution in [-0.4, -0.2) is 69.8 Å². The zero-order valence-corrected chi connectivity index (χ0v) is 13.2. The van der Waals surface area contributed by atoms with E-state index in [1.165, 1.54) is 0 Å². The quantitative estimate of drug-likeness (QED) is 0.844. The predicted octanol–water partition coefficient (Wildman–Crippen LogP) is 0.283. The number of methoxy groups -OCH3 is 1. The summed E-state index contributed by atoms with van der Waals surface area (Å²) in [5.41, 5.74) is 0.950. The highest BCUT2D eigenvalue weighted by Gasteiger charge is 2.18. The molecule has 1 aromatic rings. The van der Waals surface area contributed by atoms with Crippen LogP contribution in [0.1, 0.15) is 5.56 Å². The minimum Gasteiger partial charge on any atom is -0.493 e. The van der Waals surface area contributed by atoms with Crippen molar-refractivity contribution in [3.63, 3.8) is 0 Å². The first-order valence-corrected chi connectivity index (χ1v) is 7.73. The smallest absolute Gasteiger partial charge is 0.260 e. The Morgan fingerprint density at radius 3 is 2.87 bits per heavy atom. The Morgan fingerprint density at radius 2 is 2.17 bits per heavy atom. The van der Waals surface area contributed by atoms with Crippen molar-refractivity contribution in [1.82, 2.24) is 10.2 Å². The normalized spacial score (nSPS) is 17.4. The van der Waals surface area contributed by atoms with Gasteiger partial charge in [0.15, 0.2) is 18.1 Å². The third-order valence-corrected chi connectivity index (χ3v) is 3.83. The summed E-state index contributed by atoms with van der Waals surface area (Å²) in [6.07, 6.45) is 0. The molecule has 1 N–H and O–H groups in total. The Kier molecular flexibility index (Phi) is 4.97. The largest absolute Gasteiger partial charge is 0.493 e. The van der Waals surface area contributed by atoms with Crippen molar-refractivity contribution in [2.45, 2.75) is 0 Å². The maximum absolute atomic E-state index is 12.1. The number of benzene rings is 1. The van der Waals surface area contributed by atoms with Gasteiger partial charge in [-0.1, -0.05) is 0 Å². The number of morpholine rings is 1. The van der Waals surface area contributed by atoms with Crippen molar-refractivity contribution in [2.75, 3.05) is 53.1 Å². The molecule has 1 amide bonds. The molecular formula is C16H21N3O4. The average molecular weight is 319 g/mol. The molecule has 23 heavy (non-hydrogen) atoms. The van der Waals surface area contributed by atoms with Crippen LogP contribution in [-0.2, 0) is 9.53 Å². The van der Waals surface area contributed by atoms with Crippen LogP contribution in [0.2, 0.25) is 0 Å². The fourth-order valence-electron chi connectivity index (χ4n) is 2.57. The number of rotatable bonds is 5. The van der Waals surface area contributed by atoms with Gasteiger partial charge >= 0.3 is 0 Å². The van der Waals surface area contributed by atoms with Crippen LogP contribution in [0.25, 0.3) is 0 Å². The first-order valence-electron chi connectivity index (χ1n) is 7.73. The van der Waals surface area contributed by atoms with Crippen LogP contribution < -0.4 is 14.8 Å². The molecule has 1 fully saturated rings. The molecule has 0 bridgehead atoms. The number of amidine groups is 1. The molecule has 124 valence electrons. The number of nitrogens with zero attached hydrogens (tertiary/aromatic N) is 2. The summed E-state index contributed by atoms with van der Waals surface area (Å²) in [5.74, 6) is 1.96. The Balaban J connectivity index is 1.63. The highest BCUT2D eigenvalue weighted by atomic mass is 16.5. The Bertz CT molecular complexity index is 597. The highest BCUT2D eigenvalue weighted by molar-refractivity contribution is 6.00. The maximum atomic E-state index is 12.1. The first kappa shape index (κ1) is 15.6. The van der Waals surface area contributed by atoms with E-state index in [0.29, 0.717) is 37.8 Å². The summed E-state index contributed by atoms with van der Waals surface area (Å²) < 4.78 is 16.3. The molecule has 7 heteroatoms. The van der Waals surface area contributed by atoms with Gasteiger partial charge in [-0.25, -0.2) is 0 Å². The molecule has 7 nitrogen and oxygen atoms in total. The second kappa shape index (κ2) is 7.32. The van der Waals surface area contributed by atoms with Crippen LogP contribution in [0.4, 0.5) is 0 Å². The molecule has 0 aliphatic carbocycles. The monoisotopic (exact) mass is 319 g/mol. The summed E-state index contributed by atoms with van der Waals surface area (Å²) in [7, 11) is 1.58. The van der Waals surface area contributed by atoms with Gasteiger partial charge in [0.1, 0.15) is 5.84 Å². The van der Waals surface area contributed by atoms with Crippen molar-refractivity contribution in [1.29, 1.82) is 0 Å². The molecule has 0 unspecified atom stereocenters. The zero-order chi connectivity index (χ0) is 16.1. The van der Waals surface area contributed by atoms with Gasteiger partial charge in [0.25, 0.3) is 5.91 Å². The average Bonchev–Trinajstić information content (AvgIpc) is 3.15. The zero-order valence-electron chi connectivity index (χ0n) is 13.2. The summed E-state index contributed by atoms with van der Waals surface area (Å²) in [6, 6.07) is 5.59. The lowest BCUT2D eigenvalue weighted by Gasteiger charge is -2.26. The Morgan fingerprint density at radius 1 is 1.35 bits per heavy atom. The third-order valence-electron chi connectivity index (χ3n) is 3.83. The number of nitrogens with one attached hydrogen (secondary N) is 1. The molecule has 0 atom stereocenters. The molecule has 1 aromatic carbocycles. The lowest BCUT2D eigenvalue weighted by Crippen LogP contribution is -2.43. The second-order valence-electron chi connectivity index (χ2n) is 5.30. The number of hydrogen-bond acceptors (Lipinski definition) is 6. The molecule has 0 spiro atoms. The minimum absolute atomic E-state index is 0.00506. The number of carbonyl (C=O) groups excluding carboxylic acids is 1. The van der Waals surface area contributed by atoms with E-state index in [9.17, 15) is 4.79 Å². The lowest BCUT2D eigenvalue weighted by atomic mass is 10.2. The van der Waals surface area contributed by atoms with Gasteiger partial charge in [0, 0.05) is 25.2 Å². The SMILES string of the molecule is COc1cc(C2=NCCN2)ccc1OCC(=O)N1CCOCC1. The summed E-state index contributed by atoms with van der Waals surface area (Å²) in [5, 5.41) is 3.22. The van der Waals surface area contributed by atoms with E-state index in [0.717, 1.165) is 24.5 Å². The van der Waals surface area contributed by atoms with Gasteiger partial charge < -0.3 is 24.4 Å². The highest BCUT2D eigenvalue weighted by Crippen LogP contribution is 2.28. The Labute approximate surface area is 135 Å². The molecule has 2 aliphatic heterocycles. The standard InChI is InChI=1S/C16H21N3O4/c1-21-14-10-12(16-17-4-5-18-16)2-3-13(14)23-11-15(20)19-6-8-22-9-7-19/h2-3,10H,4-9,11H2,1H3,(H,17,18). The fraction of sp³-hybridized carbons (Fsp3) is 0.500. The number of aliphatic imine (C=N–C) groups is 1. The van der Waals surface area contributed by atoms with Gasteiger partial charge in [-0.05, 0) is 18.2 Å². The summed E-state index contributed by atoms with van der Waals surface area (Å²) in [4.78, 5) is 18.3. The number of hydrogen-bond donors (Lipinski definition) is 1. The van der Waals surface area contributed by atoms with Crippen molar-refractivity contribution in [3.05, 3.63) is 23.8 Å². The fourth-order valence-corrected chi connectivity index (χ4v) is 2.57. The molecular weight excluding hydrogens is 298 g/mol. The van der Waals surface area contributed by atoms with Crippen LogP contribution in [0.3, 0.4) is 0 Å². The van der Waals surface area contributed by atoms with Crippen molar-refractivity contribution in [2.24, 2.45) is 4.99 Å². The van der Waals surface area contributed by atoms with E-state index in [1.807, 2.05) is 18.2 Å². The van der Waals surface area contributed by atoms with E-state index in [1.54, 1.807) is 12.0 Å². The molecule has 0 saturated carbocycles. The van der Waals surface area contributed by atoms with E-state index >= 15 is 0 Å². The minimum atomic E-state index is -0.0405.